The lowest BCUT2D eigenvalue weighted by molar-refractivity contribution is -0.115. The smallest absolute Gasteiger partial charge is 0.291 e. The van der Waals surface area contributed by atoms with Gasteiger partial charge in [0, 0.05) is 16.3 Å². The molecule has 1 aromatic heterocycles. The second kappa shape index (κ2) is 10.6. The lowest BCUT2D eigenvalue weighted by Crippen LogP contribution is -2.22. The van der Waals surface area contributed by atoms with Gasteiger partial charge in [0.25, 0.3) is 5.91 Å². The number of benzene rings is 3. The molecule has 0 saturated heterocycles. The van der Waals surface area contributed by atoms with Crippen LogP contribution in [0.4, 0.5) is 11.4 Å². The van der Waals surface area contributed by atoms with Crippen LogP contribution in [0.3, 0.4) is 0 Å². The number of carbonyl (C=O) groups excluding carboxylic acids is 2. The van der Waals surface area contributed by atoms with E-state index < -0.39 is 0 Å². The van der Waals surface area contributed by atoms with Gasteiger partial charge in [-0.2, -0.15) is 0 Å². The molecule has 7 heteroatoms. The van der Waals surface area contributed by atoms with Gasteiger partial charge in [-0.05, 0) is 79.7 Å². The van der Waals surface area contributed by atoms with E-state index in [-0.39, 0.29) is 22.8 Å². The molecule has 2 amide bonds. The van der Waals surface area contributed by atoms with Crippen LogP contribution in [0.25, 0.3) is 0 Å². The Bertz CT molecular complexity index is 1190. The third-order valence-corrected chi connectivity index (χ3v) is 5.75. The van der Waals surface area contributed by atoms with E-state index >= 15 is 0 Å². The third-order valence-electron chi connectivity index (χ3n) is 4.64. The van der Waals surface area contributed by atoms with Crippen LogP contribution in [0.1, 0.15) is 17.5 Å². The van der Waals surface area contributed by atoms with Gasteiger partial charge in [-0.1, -0.05) is 18.2 Å². The summed E-state index contributed by atoms with van der Waals surface area (Å²) in [5, 5.41) is 5.38. The third kappa shape index (κ3) is 6.27. The van der Waals surface area contributed by atoms with E-state index in [2.05, 4.69) is 10.6 Å². The Morgan fingerprint density at radius 2 is 1.42 bits per heavy atom. The number of thioether (sulfide) groups is 1. The molecule has 1 heterocycles. The van der Waals surface area contributed by atoms with Crippen molar-refractivity contribution in [2.24, 2.45) is 0 Å². The van der Waals surface area contributed by atoms with Crippen LogP contribution in [-0.2, 0) is 4.79 Å². The van der Waals surface area contributed by atoms with Crippen molar-refractivity contribution in [3.63, 3.8) is 0 Å². The van der Waals surface area contributed by atoms with Crippen molar-refractivity contribution in [3.8, 4) is 11.5 Å². The Morgan fingerprint density at radius 1 is 0.788 bits per heavy atom. The topological polar surface area (TPSA) is 80.6 Å². The van der Waals surface area contributed by atoms with Gasteiger partial charge in [0.2, 0.25) is 5.91 Å². The van der Waals surface area contributed by atoms with Crippen LogP contribution in [-0.4, -0.2) is 17.1 Å². The monoisotopic (exact) mass is 458 g/mol. The summed E-state index contributed by atoms with van der Waals surface area (Å²) in [5.74, 6) is 1.28. The van der Waals surface area contributed by atoms with Crippen molar-refractivity contribution in [1.82, 2.24) is 0 Å². The van der Waals surface area contributed by atoms with Gasteiger partial charge < -0.3 is 19.8 Å². The summed E-state index contributed by atoms with van der Waals surface area (Å²) in [6.07, 6.45) is 1.45. The maximum atomic E-state index is 12.6. The molecule has 2 N–H and O–H groups in total. The lowest BCUT2D eigenvalue weighted by Gasteiger charge is -2.13. The predicted molar refractivity (Wildman–Crippen MR) is 130 cm³/mol. The minimum absolute atomic E-state index is 0.105. The molecule has 0 aliphatic rings. The summed E-state index contributed by atoms with van der Waals surface area (Å²) in [5.41, 5.74) is 1.35. The lowest BCUT2D eigenvalue weighted by atomic mass is 10.3. The van der Waals surface area contributed by atoms with E-state index in [0.717, 1.165) is 10.6 Å². The van der Waals surface area contributed by atoms with Crippen LogP contribution < -0.4 is 15.4 Å². The summed E-state index contributed by atoms with van der Waals surface area (Å²) < 4.78 is 10.9. The highest BCUT2D eigenvalue weighted by molar-refractivity contribution is 8.00. The van der Waals surface area contributed by atoms with E-state index in [1.54, 1.807) is 24.3 Å². The standard InChI is InChI=1S/C26H22N2O4S/c1-18(33-23-15-11-20(12-16-23)28-26(30)24-8-5-17-31-24)25(29)27-19-9-13-22(14-10-19)32-21-6-3-2-4-7-21/h2-18H,1H3,(H,27,29)(H,28,30). The molecular formula is C26H22N2O4S. The van der Waals surface area contributed by atoms with Gasteiger partial charge in [0.15, 0.2) is 5.76 Å². The van der Waals surface area contributed by atoms with Crippen LogP contribution in [0.2, 0.25) is 0 Å². The molecule has 166 valence electrons. The fourth-order valence-corrected chi connectivity index (χ4v) is 3.82. The van der Waals surface area contributed by atoms with Crippen molar-refractivity contribution < 1.29 is 18.7 Å². The van der Waals surface area contributed by atoms with E-state index in [1.807, 2.05) is 73.7 Å². The van der Waals surface area contributed by atoms with E-state index in [1.165, 1.54) is 18.0 Å². The molecule has 3 aromatic carbocycles. The van der Waals surface area contributed by atoms with Crippen molar-refractivity contribution in [1.29, 1.82) is 0 Å². The SMILES string of the molecule is CC(Sc1ccc(NC(=O)c2ccco2)cc1)C(=O)Nc1ccc(Oc2ccccc2)cc1. The summed E-state index contributed by atoms with van der Waals surface area (Å²) in [4.78, 5) is 25.6. The number of para-hydroxylation sites is 1. The van der Waals surface area contributed by atoms with Gasteiger partial charge in [0.1, 0.15) is 11.5 Å². The zero-order valence-electron chi connectivity index (χ0n) is 17.9. The Hall–Kier alpha value is -3.97. The molecule has 4 rings (SSSR count). The van der Waals surface area contributed by atoms with Gasteiger partial charge in [-0.3, -0.25) is 9.59 Å². The van der Waals surface area contributed by atoms with E-state index in [9.17, 15) is 9.59 Å². The van der Waals surface area contributed by atoms with Crippen molar-refractivity contribution in [3.05, 3.63) is 103 Å². The van der Waals surface area contributed by atoms with Crippen molar-refractivity contribution in [2.45, 2.75) is 17.1 Å². The summed E-state index contributed by atoms with van der Waals surface area (Å²) in [6.45, 7) is 1.85. The molecule has 0 bridgehead atoms. The van der Waals surface area contributed by atoms with Gasteiger partial charge in [-0.25, -0.2) is 0 Å². The zero-order chi connectivity index (χ0) is 23.0. The average molecular weight is 459 g/mol. The predicted octanol–water partition coefficient (Wildman–Crippen LogP) is 6.44. The number of ether oxygens (including phenoxy) is 1. The molecule has 4 aromatic rings. The molecule has 0 aliphatic carbocycles. The Kier molecular flexibility index (Phi) is 7.12. The molecule has 0 saturated carbocycles. The Morgan fingerprint density at radius 3 is 2.09 bits per heavy atom. The van der Waals surface area contributed by atoms with E-state index in [0.29, 0.717) is 17.1 Å². The highest BCUT2D eigenvalue weighted by Crippen LogP contribution is 2.27. The summed E-state index contributed by atoms with van der Waals surface area (Å²) in [7, 11) is 0. The van der Waals surface area contributed by atoms with Crippen LogP contribution in [0.15, 0.2) is 107 Å². The average Bonchev–Trinajstić information content (AvgIpc) is 3.37. The highest BCUT2D eigenvalue weighted by atomic mass is 32.2. The molecule has 0 fully saturated rings. The first-order chi connectivity index (χ1) is 16.1. The molecule has 33 heavy (non-hydrogen) atoms. The second-order valence-corrected chi connectivity index (χ2v) is 8.56. The Labute approximate surface area is 196 Å². The summed E-state index contributed by atoms with van der Waals surface area (Å²) >= 11 is 1.43. The van der Waals surface area contributed by atoms with Gasteiger partial charge in [0.05, 0.1) is 11.5 Å². The molecule has 0 aliphatic heterocycles. The summed E-state index contributed by atoms with van der Waals surface area (Å²) in [6, 6.07) is 27.3. The Balaban J connectivity index is 1.28. The number of carbonyl (C=O) groups is 2. The fourth-order valence-electron chi connectivity index (χ4n) is 2.95. The van der Waals surface area contributed by atoms with Crippen LogP contribution in [0.5, 0.6) is 11.5 Å². The zero-order valence-corrected chi connectivity index (χ0v) is 18.7. The molecule has 1 unspecified atom stereocenters. The number of furan rings is 1. The molecule has 0 radical (unpaired) electrons. The number of hydrogen-bond donors (Lipinski definition) is 2. The number of rotatable bonds is 8. The maximum absolute atomic E-state index is 12.6. The first-order valence-corrected chi connectivity index (χ1v) is 11.2. The largest absolute Gasteiger partial charge is 0.459 e. The van der Waals surface area contributed by atoms with Gasteiger partial charge in [-0.15, -0.1) is 11.8 Å². The van der Waals surface area contributed by atoms with Crippen LogP contribution in [0, 0.1) is 0 Å². The number of anilines is 2. The normalized spacial score (nSPS) is 11.4. The molecule has 1 atom stereocenters. The van der Waals surface area contributed by atoms with Crippen LogP contribution >= 0.6 is 11.8 Å². The fraction of sp³-hybridized carbons (Fsp3) is 0.0769. The molecule has 0 spiro atoms. The maximum Gasteiger partial charge on any atom is 0.291 e. The molecule has 6 nitrogen and oxygen atoms in total. The minimum Gasteiger partial charge on any atom is -0.459 e. The van der Waals surface area contributed by atoms with Crippen molar-refractivity contribution >= 4 is 35.0 Å². The molecular weight excluding hydrogens is 436 g/mol. The minimum atomic E-state index is -0.312. The van der Waals surface area contributed by atoms with Gasteiger partial charge >= 0.3 is 0 Å². The van der Waals surface area contributed by atoms with E-state index in [4.69, 9.17) is 9.15 Å². The highest BCUT2D eigenvalue weighted by Gasteiger charge is 2.15. The van der Waals surface area contributed by atoms with Crippen molar-refractivity contribution in [2.75, 3.05) is 10.6 Å². The number of nitrogens with one attached hydrogen (secondary N) is 2. The first kappa shape index (κ1) is 22.2. The quantitative estimate of drug-likeness (QED) is 0.297. The second-order valence-electron chi connectivity index (χ2n) is 7.14. The number of hydrogen-bond acceptors (Lipinski definition) is 5. The first-order valence-electron chi connectivity index (χ1n) is 10.3. The number of amides is 2.